The highest BCUT2D eigenvalue weighted by Crippen LogP contribution is 2.48. The van der Waals surface area contributed by atoms with Gasteiger partial charge in [0.1, 0.15) is 6.61 Å². The molecule has 0 fully saturated rings. The van der Waals surface area contributed by atoms with Gasteiger partial charge in [0.05, 0.1) is 33.0 Å². The molecule has 2 atom stereocenters. The summed E-state index contributed by atoms with van der Waals surface area (Å²) in [5, 5.41) is 3.79. The molecule has 0 heterocycles. The summed E-state index contributed by atoms with van der Waals surface area (Å²) in [6, 6.07) is 0. The van der Waals surface area contributed by atoms with E-state index in [4.69, 9.17) is 14.2 Å². The van der Waals surface area contributed by atoms with Gasteiger partial charge in [-0.15, -0.1) is 0 Å². The SMILES string of the molecule is CCCOCCOCCC(=O)NCCOCCNC(=O)C(OC(F)(F)C(F)(OCC(C)(F)F)C(F)(F)F)C(F)(F)F. The van der Waals surface area contributed by atoms with Crippen molar-refractivity contribution in [3.8, 4) is 0 Å². The first-order valence-corrected chi connectivity index (χ1v) is 11.9. The molecule has 0 aromatic rings. The van der Waals surface area contributed by atoms with Gasteiger partial charge in [-0.3, -0.25) is 14.3 Å². The van der Waals surface area contributed by atoms with Gasteiger partial charge in [0.25, 0.3) is 11.8 Å². The summed E-state index contributed by atoms with van der Waals surface area (Å²) in [6.07, 6.45) is -23.1. The predicted octanol–water partition coefficient (Wildman–Crippen LogP) is 3.51. The van der Waals surface area contributed by atoms with Crippen LogP contribution in [0.5, 0.6) is 0 Å². The van der Waals surface area contributed by atoms with Crippen molar-refractivity contribution in [3.63, 3.8) is 0 Å². The summed E-state index contributed by atoms with van der Waals surface area (Å²) in [6.45, 7) is -1.22. The van der Waals surface area contributed by atoms with Gasteiger partial charge in [0, 0.05) is 33.0 Å². The normalized spacial score (nSPS) is 15.3. The van der Waals surface area contributed by atoms with Crippen LogP contribution < -0.4 is 10.6 Å². The Balaban J connectivity index is 4.74. The van der Waals surface area contributed by atoms with Crippen LogP contribution in [-0.2, 0) is 33.3 Å². The Hall–Kier alpha value is -2.03. The van der Waals surface area contributed by atoms with E-state index in [9.17, 15) is 57.9 Å². The van der Waals surface area contributed by atoms with Crippen LogP contribution in [0.15, 0.2) is 0 Å². The van der Waals surface area contributed by atoms with E-state index in [-0.39, 0.29) is 39.7 Å². The van der Waals surface area contributed by atoms with Crippen molar-refractivity contribution in [1.29, 1.82) is 0 Å². The molecule has 0 aliphatic rings. The fourth-order valence-electron chi connectivity index (χ4n) is 2.47. The second-order valence-corrected chi connectivity index (χ2v) is 8.24. The molecule has 0 aromatic carbocycles. The van der Waals surface area contributed by atoms with Crippen LogP contribution in [0.2, 0.25) is 0 Å². The number of ether oxygens (including phenoxy) is 5. The van der Waals surface area contributed by atoms with Gasteiger partial charge in [-0.05, 0) is 6.42 Å². The molecule has 2 unspecified atom stereocenters. The van der Waals surface area contributed by atoms with Gasteiger partial charge in [0.15, 0.2) is 0 Å². The molecule has 0 saturated heterocycles. The third-order valence-corrected chi connectivity index (χ3v) is 4.37. The maximum atomic E-state index is 14.1. The number of carbonyl (C=O) groups is 2. The molecule has 0 radical (unpaired) electrons. The molecule has 20 heteroatoms. The van der Waals surface area contributed by atoms with E-state index in [0.29, 0.717) is 13.2 Å². The third-order valence-electron chi connectivity index (χ3n) is 4.37. The van der Waals surface area contributed by atoms with Crippen molar-refractivity contribution in [2.75, 3.05) is 59.3 Å². The van der Waals surface area contributed by atoms with Gasteiger partial charge >= 0.3 is 24.3 Å². The van der Waals surface area contributed by atoms with Crippen LogP contribution in [0, 0.1) is 0 Å². The van der Waals surface area contributed by atoms with E-state index >= 15 is 0 Å². The first-order chi connectivity index (χ1) is 18.7. The molecule has 0 rings (SSSR count). The van der Waals surface area contributed by atoms with Crippen LogP contribution >= 0.6 is 0 Å². The number of rotatable bonds is 21. The quantitative estimate of drug-likeness (QED) is 0.148. The van der Waals surface area contributed by atoms with E-state index in [0.717, 1.165) is 6.42 Å². The lowest BCUT2D eigenvalue weighted by Crippen LogP contribution is -2.62. The Labute approximate surface area is 227 Å². The molecule has 0 aliphatic carbocycles. The highest BCUT2D eigenvalue weighted by atomic mass is 19.4. The molecular weight excluding hydrogens is 601 g/mol. The molecule has 0 saturated carbocycles. The maximum absolute atomic E-state index is 14.1. The maximum Gasteiger partial charge on any atom is 0.457 e. The molecule has 41 heavy (non-hydrogen) atoms. The van der Waals surface area contributed by atoms with Crippen molar-refractivity contribution >= 4 is 11.8 Å². The monoisotopic (exact) mass is 632 g/mol. The Kier molecular flexibility index (Phi) is 16.3. The second kappa shape index (κ2) is 17.2. The summed E-state index contributed by atoms with van der Waals surface area (Å²) in [4.78, 5) is 23.4. The molecule has 2 N–H and O–H groups in total. The van der Waals surface area contributed by atoms with Gasteiger partial charge in [0.2, 0.25) is 12.0 Å². The highest BCUT2D eigenvalue weighted by molar-refractivity contribution is 5.81. The zero-order valence-corrected chi connectivity index (χ0v) is 21.9. The summed E-state index contributed by atoms with van der Waals surface area (Å²) in [7, 11) is 0. The smallest absolute Gasteiger partial charge is 0.379 e. The van der Waals surface area contributed by atoms with Crippen LogP contribution in [0.25, 0.3) is 0 Å². The molecule has 9 nitrogen and oxygen atoms in total. The average molecular weight is 632 g/mol. The molecule has 0 bridgehead atoms. The standard InChI is InChI=1S/C21H31F11N2O7/c1-3-7-37-11-12-38-8-4-14(35)33-5-9-39-10-6-34-16(36)15(18(24,25)26)41-21(31,32)19(27,20(28,29)30)40-13-17(2,22)23/h15H,3-13H2,1-2H3,(H,33,35)(H,34,36). The second-order valence-electron chi connectivity index (χ2n) is 8.24. The lowest BCUT2D eigenvalue weighted by Gasteiger charge is -2.36. The molecule has 244 valence electrons. The van der Waals surface area contributed by atoms with Crippen LogP contribution in [-0.4, -0.2) is 107 Å². The third kappa shape index (κ3) is 15.1. The summed E-state index contributed by atoms with van der Waals surface area (Å²) in [5.74, 6) is -13.7. The predicted molar refractivity (Wildman–Crippen MR) is 116 cm³/mol. The van der Waals surface area contributed by atoms with Crippen molar-refractivity contribution in [2.45, 2.75) is 63.0 Å². The average Bonchev–Trinajstić information content (AvgIpc) is 2.82. The number of carbonyl (C=O) groups excluding carboxylic acids is 2. The van der Waals surface area contributed by atoms with Crippen molar-refractivity contribution < 1.29 is 81.6 Å². The van der Waals surface area contributed by atoms with Gasteiger partial charge in [-0.2, -0.15) is 39.5 Å². The minimum Gasteiger partial charge on any atom is -0.379 e. The number of hydrogen-bond acceptors (Lipinski definition) is 7. The summed E-state index contributed by atoms with van der Waals surface area (Å²) < 4.78 is 167. The zero-order chi connectivity index (χ0) is 32.0. The molecule has 0 aliphatic heterocycles. The van der Waals surface area contributed by atoms with E-state index in [1.54, 1.807) is 0 Å². The number of nitrogens with one attached hydrogen (secondary N) is 2. The van der Waals surface area contributed by atoms with Crippen LogP contribution in [0.4, 0.5) is 48.3 Å². The Morgan fingerprint density at radius 3 is 1.73 bits per heavy atom. The first kappa shape index (κ1) is 39.0. The fourth-order valence-corrected chi connectivity index (χ4v) is 2.47. The number of hydrogen-bond donors (Lipinski definition) is 2. The first-order valence-electron chi connectivity index (χ1n) is 11.9. The van der Waals surface area contributed by atoms with Crippen molar-refractivity contribution in [1.82, 2.24) is 10.6 Å². The van der Waals surface area contributed by atoms with Crippen molar-refractivity contribution in [3.05, 3.63) is 0 Å². The minimum atomic E-state index is -6.87. The largest absolute Gasteiger partial charge is 0.457 e. The number of halogens is 11. The van der Waals surface area contributed by atoms with Crippen molar-refractivity contribution in [2.24, 2.45) is 0 Å². The highest BCUT2D eigenvalue weighted by Gasteiger charge is 2.76. The van der Waals surface area contributed by atoms with Gasteiger partial charge < -0.3 is 29.6 Å². The number of alkyl halides is 11. The van der Waals surface area contributed by atoms with Gasteiger partial charge in [-0.1, -0.05) is 6.92 Å². The molecule has 0 aromatic heterocycles. The lowest BCUT2D eigenvalue weighted by atomic mass is 10.2. The molecular formula is C21H31F11N2O7. The molecule has 2 amide bonds. The van der Waals surface area contributed by atoms with E-state index in [1.807, 2.05) is 6.92 Å². The van der Waals surface area contributed by atoms with Crippen LogP contribution in [0.1, 0.15) is 26.7 Å². The van der Waals surface area contributed by atoms with Crippen LogP contribution in [0.3, 0.4) is 0 Å². The summed E-state index contributed by atoms with van der Waals surface area (Å²) in [5.41, 5.74) is 0. The fraction of sp³-hybridized carbons (Fsp3) is 0.905. The lowest BCUT2D eigenvalue weighted by molar-refractivity contribution is -0.474. The van der Waals surface area contributed by atoms with Gasteiger partial charge in [-0.25, -0.2) is 8.78 Å². The molecule has 0 spiro atoms. The van der Waals surface area contributed by atoms with E-state index in [1.165, 1.54) is 5.32 Å². The van der Waals surface area contributed by atoms with E-state index in [2.05, 4.69) is 14.8 Å². The Bertz CT molecular complexity index is 780. The zero-order valence-electron chi connectivity index (χ0n) is 21.9. The Morgan fingerprint density at radius 2 is 1.24 bits per heavy atom. The summed E-state index contributed by atoms with van der Waals surface area (Å²) >= 11 is 0. The number of amides is 2. The van der Waals surface area contributed by atoms with E-state index < -0.39 is 67.9 Å². The minimum absolute atomic E-state index is 0.00623. The topological polar surface area (TPSA) is 104 Å². The Morgan fingerprint density at radius 1 is 0.732 bits per heavy atom.